The van der Waals surface area contributed by atoms with E-state index < -0.39 is 0 Å². The number of hydrogen-bond donors (Lipinski definition) is 1. The average molecular weight is 348 g/mol. The molecule has 0 saturated heterocycles. The molecule has 0 radical (unpaired) electrons. The third-order valence-electron chi connectivity index (χ3n) is 2.36. The van der Waals surface area contributed by atoms with Crippen molar-refractivity contribution >= 4 is 46.1 Å². The molecule has 6 heteroatoms. The maximum Gasteiger partial charge on any atom is 0.157 e. The van der Waals surface area contributed by atoms with Crippen LogP contribution < -0.4 is 4.74 Å². The Morgan fingerprint density at radius 1 is 1.20 bits per heavy atom. The largest absolute Gasteiger partial charge is 0.485 e. The Balaban J connectivity index is 2.16. The van der Waals surface area contributed by atoms with Crippen molar-refractivity contribution in [1.29, 1.82) is 0 Å². The first-order chi connectivity index (χ1) is 9.61. The summed E-state index contributed by atoms with van der Waals surface area (Å²) in [4.78, 5) is 0.938. The highest BCUT2D eigenvalue weighted by Gasteiger charge is 2.11. The van der Waals surface area contributed by atoms with E-state index in [1.54, 1.807) is 12.1 Å². The number of rotatable bonds is 3. The molecule has 20 heavy (non-hydrogen) atoms. The highest BCUT2D eigenvalue weighted by molar-refractivity contribution is 7.10. The smallest absolute Gasteiger partial charge is 0.157 e. The number of thiophene rings is 1. The van der Waals surface area contributed by atoms with Crippen LogP contribution in [0.5, 0.6) is 5.75 Å². The zero-order valence-electron chi connectivity index (χ0n) is 10.1. The predicted molar refractivity (Wildman–Crippen MR) is 84.1 cm³/mol. The van der Waals surface area contributed by atoms with Gasteiger partial charge in [-0.2, -0.15) is 0 Å². The fourth-order valence-corrected chi connectivity index (χ4v) is 3.17. The monoisotopic (exact) mass is 346 g/mol. The van der Waals surface area contributed by atoms with Crippen LogP contribution in [0.4, 0.5) is 0 Å². The lowest BCUT2D eigenvalue weighted by Gasteiger charge is -2.09. The van der Waals surface area contributed by atoms with Gasteiger partial charge in [0.25, 0.3) is 0 Å². The Kier molecular flexibility index (Phi) is 5.59. The number of hydrogen-bond acceptors (Lipinski definition) is 3. The van der Waals surface area contributed by atoms with Gasteiger partial charge in [0.1, 0.15) is 13.2 Å². The third kappa shape index (κ3) is 3.82. The van der Waals surface area contributed by atoms with Gasteiger partial charge in [0, 0.05) is 10.6 Å². The minimum absolute atomic E-state index is 0.176. The van der Waals surface area contributed by atoms with Crippen molar-refractivity contribution in [3.05, 3.63) is 49.1 Å². The van der Waals surface area contributed by atoms with E-state index in [9.17, 15) is 0 Å². The SMILES string of the molecule is OCC#Cc1ccsc1COc1c(Cl)cc(Cl)cc1Cl. The Morgan fingerprint density at radius 3 is 2.55 bits per heavy atom. The molecule has 1 heterocycles. The molecule has 104 valence electrons. The molecule has 0 fully saturated rings. The number of aliphatic hydroxyl groups is 1. The van der Waals surface area contributed by atoms with E-state index in [0.29, 0.717) is 27.4 Å². The van der Waals surface area contributed by atoms with Crippen molar-refractivity contribution in [3.8, 4) is 17.6 Å². The van der Waals surface area contributed by atoms with Gasteiger partial charge < -0.3 is 9.84 Å². The van der Waals surface area contributed by atoms with E-state index in [-0.39, 0.29) is 6.61 Å². The van der Waals surface area contributed by atoms with Crippen LogP contribution in [-0.4, -0.2) is 11.7 Å². The molecule has 0 aliphatic heterocycles. The van der Waals surface area contributed by atoms with Crippen LogP contribution in [0.15, 0.2) is 23.6 Å². The predicted octanol–water partition coefficient (Wildman–Crippen LogP) is 4.63. The van der Waals surface area contributed by atoms with Crippen LogP contribution in [0.25, 0.3) is 0 Å². The standard InChI is InChI=1S/C14H9Cl3O2S/c15-10-6-11(16)14(12(17)7-10)19-8-13-9(2-1-4-18)3-5-20-13/h3,5-7,18H,4,8H2. The maximum atomic E-state index is 8.71. The molecule has 0 bridgehead atoms. The van der Waals surface area contributed by atoms with Crippen molar-refractivity contribution < 1.29 is 9.84 Å². The minimum atomic E-state index is -0.176. The van der Waals surface area contributed by atoms with Crippen molar-refractivity contribution in [2.75, 3.05) is 6.61 Å². The second kappa shape index (κ2) is 7.21. The first-order valence-corrected chi connectivity index (χ1v) is 7.56. The van der Waals surface area contributed by atoms with Gasteiger partial charge >= 0.3 is 0 Å². The van der Waals surface area contributed by atoms with Gasteiger partial charge in [-0.05, 0) is 23.6 Å². The Labute approximate surface area is 135 Å². The van der Waals surface area contributed by atoms with Gasteiger partial charge in [0.15, 0.2) is 5.75 Å². The van der Waals surface area contributed by atoms with E-state index in [0.717, 1.165) is 10.4 Å². The molecule has 2 rings (SSSR count). The van der Waals surface area contributed by atoms with Crippen molar-refractivity contribution in [2.45, 2.75) is 6.61 Å². The van der Waals surface area contributed by atoms with E-state index in [1.807, 2.05) is 11.4 Å². The van der Waals surface area contributed by atoms with Crippen LogP contribution in [0.2, 0.25) is 15.1 Å². The normalized spacial score (nSPS) is 10.0. The lowest BCUT2D eigenvalue weighted by molar-refractivity contribution is 0.310. The first-order valence-electron chi connectivity index (χ1n) is 5.55. The number of ether oxygens (including phenoxy) is 1. The van der Waals surface area contributed by atoms with Gasteiger partial charge in [-0.25, -0.2) is 0 Å². The second-order valence-electron chi connectivity index (χ2n) is 3.70. The molecule has 0 aliphatic rings. The highest BCUT2D eigenvalue weighted by atomic mass is 35.5. The van der Waals surface area contributed by atoms with Crippen LogP contribution >= 0.6 is 46.1 Å². The molecular formula is C14H9Cl3O2S. The topological polar surface area (TPSA) is 29.5 Å². The van der Waals surface area contributed by atoms with E-state index in [4.69, 9.17) is 44.6 Å². The van der Waals surface area contributed by atoms with Crippen molar-refractivity contribution in [2.24, 2.45) is 0 Å². The Bertz CT molecular complexity index is 648. The van der Waals surface area contributed by atoms with Crippen LogP contribution in [-0.2, 0) is 6.61 Å². The van der Waals surface area contributed by atoms with E-state index >= 15 is 0 Å². The molecule has 1 aromatic carbocycles. The number of halogens is 3. The summed E-state index contributed by atoms with van der Waals surface area (Å²) in [5, 5.41) is 11.8. The maximum absolute atomic E-state index is 8.71. The van der Waals surface area contributed by atoms with Gasteiger partial charge in [0.05, 0.1) is 14.9 Å². The molecule has 0 atom stereocenters. The van der Waals surface area contributed by atoms with Crippen LogP contribution in [0.3, 0.4) is 0 Å². The van der Waals surface area contributed by atoms with Gasteiger partial charge in [0.2, 0.25) is 0 Å². The molecule has 1 aromatic heterocycles. The molecule has 0 amide bonds. The van der Waals surface area contributed by atoms with Crippen LogP contribution in [0, 0.1) is 11.8 Å². The minimum Gasteiger partial charge on any atom is -0.485 e. The fourth-order valence-electron chi connectivity index (χ4n) is 1.50. The average Bonchev–Trinajstić information content (AvgIpc) is 2.82. The molecule has 0 unspecified atom stereocenters. The molecule has 0 spiro atoms. The van der Waals surface area contributed by atoms with Crippen LogP contribution in [0.1, 0.15) is 10.4 Å². The van der Waals surface area contributed by atoms with E-state index in [1.165, 1.54) is 11.3 Å². The zero-order chi connectivity index (χ0) is 14.5. The van der Waals surface area contributed by atoms with Gasteiger partial charge in [-0.1, -0.05) is 46.6 Å². The summed E-state index contributed by atoms with van der Waals surface area (Å²) in [6, 6.07) is 5.02. The summed E-state index contributed by atoms with van der Waals surface area (Å²) in [7, 11) is 0. The number of aliphatic hydroxyl groups excluding tert-OH is 1. The van der Waals surface area contributed by atoms with Gasteiger partial charge in [-0.3, -0.25) is 0 Å². The molecule has 2 aromatic rings. The lowest BCUT2D eigenvalue weighted by atomic mass is 10.2. The fraction of sp³-hybridized carbons (Fsp3) is 0.143. The summed E-state index contributed by atoms with van der Waals surface area (Å²) in [6.07, 6.45) is 0. The van der Waals surface area contributed by atoms with Gasteiger partial charge in [-0.15, -0.1) is 11.3 Å². The molecule has 1 N–H and O–H groups in total. The molecule has 0 saturated carbocycles. The molecule has 0 aliphatic carbocycles. The first kappa shape index (κ1) is 15.5. The second-order valence-corrected chi connectivity index (χ2v) is 5.96. The summed E-state index contributed by atoms with van der Waals surface area (Å²) in [5.74, 6) is 5.86. The Morgan fingerprint density at radius 2 is 1.90 bits per heavy atom. The van der Waals surface area contributed by atoms with Crippen molar-refractivity contribution in [3.63, 3.8) is 0 Å². The summed E-state index contributed by atoms with van der Waals surface area (Å²) >= 11 is 19.4. The van der Waals surface area contributed by atoms with E-state index in [2.05, 4.69) is 11.8 Å². The van der Waals surface area contributed by atoms with Crippen molar-refractivity contribution in [1.82, 2.24) is 0 Å². The summed E-state index contributed by atoms with van der Waals surface area (Å²) in [5.41, 5.74) is 0.824. The lowest BCUT2D eigenvalue weighted by Crippen LogP contribution is -1.96. The Hall–Kier alpha value is -0.890. The molecule has 2 nitrogen and oxygen atoms in total. The zero-order valence-corrected chi connectivity index (χ0v) is 13.2. The quantitative estimate of drug-likeness (QED) is 0.820. The molecular weight excluding hydrogens is 339 g/mol. The summed E-state index contributed by atoms with van der Waals surface area (Å²) in [6.45, 7) is 0.124. The summed E-state index contributed by atoms with van der Waals surface area (Å²) < 4.78 is 5.65. The number of benzene rings is 1. The highest BCUT2D eigenvalue weighted by Crippen LogP contribution is 2.36. The third-order valence-corrected chi connectivity index (χ3v) is 4.03.